The van der Waals surface area contributed by atoms with E-state index in [1.807, 2.05) is 146 Å². The Bertz CT molecular complexity index is 4490. The zero-order valence-corrected chi connectivity index (χ0v) is 48.8. The molecule has 12 rings (SSSR count). The molecule has 0 heterocycles. The minimum atomic E-state index is -0.523. The average Bonchev–Trinajstić information content (AvgIpc) is 0.843. The maximum absolute atomic E-state index is 13.3. The van der Waals surface area contributed by atoms with Crippen LogP contribution in [-0.4, -0.2) is 79.0 Å². The Hall–Kier alpha value is -10.9. The molecule has 0 saturated heterocycles. The Morgan fingerprint density at radius 1 is 0.267 bits per heavy atom. The van der Waals surface area contributed by atoms with Gasteiger partial charge in [-0.15, -0.1) is 0 Å². The minimum absolute atomic E-state index is 0.0667. The van der Waals surface area contributed by atoms with Crippen LogP contribution >= 0.6 is 0 Å². The SMILES string of the molecule is COc1c(OC(C)=O)cc2ccccc2c1-c1c(OC)c(OC)c(-c2c(OC)c(O)c(-c3c(O)c(OC)c(-c4c(OC)c(OC)c(-c5c(OC)c(OC(C)=O)cc6ccccc56)c5ccccc45)c4ccccc34)c3ccccc23)c2ccccc12. The number of fused-ring (bicyclic) bond motifs is 6. The molecule has 86 heavy (non-hydrogen) atoms. The van der Waals surface area contributed by atoms with Gasteiger partial charge in [0.15, 0.2) is 69.0 Å². The van der Waals surface area contributed by atoms with Crippen LogP contribution in [0.2, 0.25) is 0 Å². The highest BCUT2D eigenvalue weighted by Crippen LogP contribution is 2.64. The van der Waals surface area contributed by atoms with Crippen molar-refractivity contribution in [3.8, 4) is 125 Å². The van der Waals surface area contributed by atoms with Crippen LogP contribution in [0.3, 0.4) is 0 Å². The second-order valence-corrected chi connectivity index (χ2v) is 20.3. The zero-order valence-electron chi connectivity index (χ0n) is 48.8. The van der Waals surface area contributed by atoms with Crippen molar-refractivity contribution in [1.82, 2.24) is 0 Å². The van der Waals surface area contributed by atoms with Crippen LogP contribution in [0.15, 0.2) is 158 Å². The number of carbonyl (C=O) groups excluding carboxylic acids is 2. The van der Waals surface area contributed by atoms with Crippen LogP contribution in [0.25, 0.3) is 120 Å². The van der Waals surface area contributed by atoms with E-state index < -0.39 is 11.9 Å². The Balaban J connectivity index is 1.16. The number of rotatable bonds is 15. The van der Waals surface area contributed by atoms with Gasteiger partial charge in [-0.1, -0.05) is 146 Å². The maximum Gasteiger partial charge on any atom is 0.308 e. The van der Waals surface area contributed by atoms with Gasteiger partial charge in [0, 0.05) is 69.5 Å². The number of esters is 2. The number of aromatic hydroxyl groups is 2. The third kappa shape index (κ3) is 8.54. The van der Waals surface area contributed by atoms with Gasteiger partial charge in [-0.05, 0) is 76.8 Å². The summed E-state index contributed by atoms with van der Waals surface area (Å²) in [7, 11) is 12.2. The third-order valence-corrected chi connectivity index (χ3v) is 15.9. The first-order valence-electron chi connectivity index (χ1n) is 27.4. The molecule has 2 N–H and O–H groups in total. The Morgan fingerprint density at radius 3 is 0.698 bits per heavy atom. The van der Waals surface area contributed by atoms with Crippen molar-refractivity contribution in [3.63, 3.8) is 0 Å². The standard InChI is InChI=1S/C72H58O14/c1-37(73)85-51-35-39-23-11-13-25-41(39)55(65(51)77-3)59-47-31-19-21-33-49(47)61(71(83-9)69(59)81-7)57-45-29-17-15-27-43(45)53(63(75)67(57)79-5)54-44-28-16-18-30-46(44)58(68(80-6)64(54)76)62-50-34-22-20-32-48(50)60(70(82-8)72(62)84-10)56-42-26-14-12-24-40(42)36-52(66(56)78-4)86-38(2)74/h11-36,75-76H,1-10H3. The highest BCUT2D eigenvalue weighted by Gasteiger charge is 2.36. The van der Waals surface area contributed by atoms with Crippen molar-refractivity contribution in [2.75, 3.05) is 56.9 Å². The molecule has 0 fully saturated rings. The fourth-order valence-electron chi connectivity index (χ4n) is 12.7. The fraction of sp³-hybridized carbons (Fsp3) is 0.139. The number of methoxy groups -OCH3 is 8. The lowest BCUT2D eigenvalue weighted by molar-refractivity contribution is -0.132. The number of carbonyl (C=O) groups is 2. The van der Waals surface area contributed by atoms with Gasteiger partial charge in [-0.2, -0.15) is 0 Å². The molecule has 0 bridgehead atoms. The molecule has 0 saturated carbocycles. The van der Waals surface area contributed by atoms with Gasteiger partial charge < -0.3 is 57.6 Å². The van der Waals surface area contributed by atoms with E-state index in [2.05, 4.69) is 0 Å². The number of phenolic OH excluding ortho intramolecular Hbond substituents is 2. The third-order valence-electron chi connectivity index (χ3n) is 15.9. The normalized spacial score (nSPS) is 11.3. The lowest BCUT2D eigenvalue weighted by Crippen LogP contribution is -2.05. The van der Waals surface area contributed by atoms with Crippen LogP contribution in [0.5, 0.6) is 69.0 Å². The summed E-state index contributed by atoms with van der Waals surface area (Å²) in [4.78, 5) is 25.2. The van der Waals surface area contributed by atoms with E-state index in [0.29, 0.717) is 122 Å². The van der Waals surface area contributed by atoms with Crippen LogP contribution in [-0.2, 0) is 9.59 Å². The quantitative estimate of drug-likeness (QED) is 0.0735. The molecule has 12 aromatic rings. The van der Waals surface area contributed by atoms with E-state index in [1.165, 1.54) is 42.3 Å². The van der Waals surface area contributed by atoms with Gasteiger partial charge in [-0.3, -0.25) is 9.59 Å². The molecule has 0 radical (unpaired) electrons. The van der Waals surface area contributed by atoms with Gasteiger partial charge >= 0.3 is 11.9 Å². The van der Waals surface area contributed by atoms with Crippen LogP contribution in [0, 0.1) is 0 Å². The fourth-order valence-corrected chi connectivity index (χ4v) is 12.7. The van der Waals surface area contributed by atoms with E-state index in [1.54, 1.807) is 40.6 Å². The predicted octanol–water partition coefficient (Wildman–Crippen LogP) is 16.3. The van der Waals surface area contributed by atoms with Crippen molar-refractivity contribution >= 4 is 76.6 Å². The molecule has 0 aliphatic heterocycles. The van der Waals surface area contributed by atoms with Gasteiger partial charge in [0.25, 0.3) is 0 Å². The summed E-state index contributed by atoms with van der Waals surface area (Å²) in [5.41, 5.74) is 4.86. The molecule has 0 atom stereocenters. The smallest absolute Gasteiger partial charge is 0.308 e. The topological polar surface area (TPSA) is 167 Å². The predicted molar refractivity (Wildman–Crippen MR) is 337 cm³/mol. The van der Waals surface area contributed by atoms with Crippen molar-refractivity contribution in [1.29, 1.82) is 0 Å². The van der Waals surface area contributed by atoms with E-state index in [-0.39, 0.29) is 45.6 Å². The molecule has 0 unspecified atom stereocenters. The first kappa shape index (κ1) is 55.7. The number of benzene rings is 12. The Labute approximate surface area is 494 Å². The molecular formula is C72H58O14. The Morgan fingerprint density at radius 2 is 0.465 bits per heavy atom. The van der Waals surface area contributed by atoms with E-state index in [9.17, 15) is 19.8 Å². The summed E-state index contributed by atoms with van der Waals surface area (Å²) < 4.78 is 62.7. The van der Waals surface area contributed by atoms with E-state index in [0.717, 1.165) is 21.5 Å². The van der Waals surface area contributed by atoms with Gasteiger partial charge in [0.05, 0.1) is 56.9 Å². The first-order chi connectivity index (χ1) is 41.9. The second kappa shape index (κ2) is 22.4. The molecule has 12 aromatic carbocycles. The summed E-state index contributed by atoms with van der Waals surface area (Å²) in [6, 6.07) is 49.6. The molecule has 0 amide bonds. The summed E-state index contributed by atoms with van der Waals surface area (Å²) >= 11 is 0. The van der Waals surface area contributed by atoms with Crippen molar-refractivity contribution < 1.29 is 67.2 Å². The summed E-state index contributed by atoms with van der Waals surface area (Å²) in [5.74, 6) is 0.776. The monoisotopic (exact) mass is 1150 g/mol. The zero-order chi connectivity index (χ0) is 60.2. The highest BCUT2D eigenvalue weighted by atomic mass is 16.6. The Kier molecular flexibility index (Phi) is 14.5. The lowest BCUT2D eigenvalue weighted by Gasteiger charge is -2.27. The molecule has 0 aliphatic rings. The van der Waals surface area contributed by atoms with Crippen molar-refractivity contribution in [2.24, 2.45) is 0 Å². The minimum Gasteiger partial charge on any atom is -0.504 e. The van der Waals surface area contributed by atoms with Crippen molar-refractivity contribution in [2.45, 2.75) is 13.8 Å². The van der Waals surface area contributed by atoms with E-state index in [4.69, 9.17) is 47.4 Å². The van der Waals surface area contributed by atoms with Gasteiger partial charge in [0.2, 0.25) is 0 Å². The largest absolute Gasteiger partial charge is 0.504 e. The number of hydrogen-bond acceptors (Lipinski definition) is 14. The summed E-state index contributed by atoms with van der Waals surface area (Å²) in [6.45, 7) is 2.67. The van der Waals surface area contributed by atoms with Gasteiger partial charge in [-0.25, -0.2) is 0 Å². The maximum atomic E-state index is 13.3. The molecule has 0 spiro atoms. The number of phenols is 2. The number of ether oxygens (including phenoxy) is 10. The van der Waals surface area contributed by atoms with E-state index >= 15 is 0 Å². The lowest BCUT2D eigenvalue weighted by atomic mass is 9.82. The first-order valence-corrected chi connectivity index (χ1v) is 27.4. The molecule has 14 heteroatoms. The molecule has 0 aliphatic carbocycles. The van der Waals surface area contributed by atoms with Crippen LogP contribution in [0.4, 0.5) is 0 Å². The summed E-state index contributed by atoms with van der Waals surface area (Å²) in [5, 5.41) is 34.9. The van der Waals surface area contributed by atoms with Crippen LogP contribution in [0.1, 0.15) is 13.8 Å². The molecule has 14 nitrogen and oxygen atoms in total. The van der Waals surface area contributed by atoms with Crippen LogP contribution < -0.4 is 47.4 Å². The van der Waals surface area contributed by atoms with Crippen molar-refractivity contribution in [3.05, 3.63) is 158 Å². The average molecular weight is 1150 g/mol. The molecular weight excluding hydrogens is 1090 g/mol. The molecule has 0 aromatic heterocycles. The summed E-state index contributed by atoms with van der Waals surface area (Å²) in [6.07, 6.45) is 0. The number of hydrogen-bond donors (Lipinski definition) is 2. The second-order valence-electron chi connectivity index (χ2n) is 20.3. The molecule has 430 valence electrons. The highest BCUT2D eigenvalue weighted by molar-refractivity contribution is 6.25. The van der Waals surface area contributed by atoms with Gasteiger partial charge in [0.1, 0.15) is 0 Å².